The molecule has 8 heteroatoms. The number of aryl methyl sites for hydroxylation is 2. The van der Waals surface area contributed by atoms with Gasteiger partial charge >= 0.3 is 11.8 Å². The standard InChI is InChI=1S/C32H43N5O2S/c1-19-9-11-26(37(18-19)30(39)28(38)34-24-13-20(2)21(3)33-17-24)22-10-12-27-25(14-22)35-29(40-27)23-15-31(4,5)36(8)32(6,7)16-23/h10,12-14,17,19,23,26H,9,11,15-16,18H2,1-8H3,(H,34,38)/t19-,26+/m0/s1. The van der Waals surface area contributed by atoms with Crippen molar-refractivity contribution >= 4 is 39.1 Å². The SMILES string of the molecule is Cc1cc(NC(=O)C(=O)N2C[C@@H](C)CC[C@@H]2c2ccc3sc(C4CC(C)(C)N(C)C(C)(C)C4)nc3c2)cnc1C. The Morgan fingerprint density at radius 2 is 1.75 bits per heavy atom. The lowest BCUT2D eigenvalue weighted by atomic mass is 9.74. The summed E-state index contributed by atoms with van der Waals surface area (Å²) in [4.78, 5) is 40.3. The Balaban J connectivity index is 1.39. The molecule has 3 aromatic rings. The number of amides is 2. The number of hydrogen-bond donors (Lipinski definition) is 1. The van der Waals surface area contributed by atoms with Crippen molar-refractivity contribution in [2.24, 2.45) is 5.92 Å². The van der Waals surface area contributed by atoms with Gasteiger partial charge in [-0.05, 0) is 110 Å². The minimum Gasteiger partial charge on any atom is -0.327 e. The van der Waals surface area contributed by atoms with E-state index in [0.29, 0.717) is 24.1 Å². The highest BCUT2D eigenvalue weighted by Gasteiger charge is 2.44. The Morgan fingerprint density at radius 3 is 2.42 bits per heavy atom. The van der Waals surface area contributed by atoms with Crippen LogP contribution in [0.1, 0.15) is 94.1 Å². The maximum Gasteiger partial charge on any atom is 0.313 e. The Morgan fingerprint density at radius 1 is 1.05 bits per heavy atom. The van der Waals surface area contributed by atoms with Gasteiger partial charge in [-0.2, -0.15) is 0 Å². The fourth-order valence-electron chi connectivity index (χ4n) is 6.64. The Hall–Kier alpha value is -2.84. The van der Waals surface area contributed by atoms with Gasteiger partial charge in [-0.1, -0.05) is 13.0 Å². The third-order valence-corrected chi connectivity index (χ3v) is 10.5. The third-order valence-electron chi connectivity index (χ3n) is 9.34. The van der Waals surface area contributed by atoms with Gasteiger partial charge in [-0.15, -0.1) is 11.3 Å². The molecule has 40 heavy (non-hydrogen) atoms. The van der Waals surface area contributed by atoms with Crippen molar-refractivity contribution in [1.29, 1.82) is 0 Å². The Kier molecular flexibility index (Phi) is 7.55. The number of nitrogens with zero attached hydrogens (tertiary/aromatic N) is 4. The lowest BCUT2D eigenvalue weighted by Crippen LogP contribution is -2.58. The number of carbonyl (C=O) groups is 2. The molecule has 0 radical (unpaired) electrons. The molecule has 0 aliphatic carbocycles. The number of piperidine rings is 2. The topological polar surface area (TPSA) is 78.4 Å². The lowest BCUT2D eigenvalue weighted by Gasteiger charge is -2.53. The van der Waals surface area contributed by atoms with Crippen LogP contribution in [0.3, 0.4) is 0 Å². The molecule has 1 N–H and O–H groups in total. The first kappa shape index (κ1) is 28.7. The number of carbonyl (C=O) groups excluding carboxylic acids is 2. The van der Waals surface area contributed by atoms with Crippen molar-refractivity contribution in [2.45, 2.75) is 97.2 Å². The number of thiazole rings is 1. The zero-order chi connectivity index (χ0) is 29.0. The van der Waals surface area contributed by atoms with Crippen LogP contribution in [0.4, 0.5) is 5.69 Å². The van der Waals surface area contributed by atoms with E-state index >= 15 is 0 Å². The largest absolute Gasteiger partial charge is 0.327 e. The maximum atomic E-state index is 13.5. The zero-order valence-electron chi connectivity index (χ0n) is 25.2. The van der Waals surface area contributed by atoms with Gasteiger partial charge in [0.05, 0.1) is 33.2 Å². The normalized spacial score (nSPS) is 23.4. The smallest absolute Gasteiger partial charge is 0.313 e. The maximum absolute atomic E-state index is 13.5. The summed E-state index contributed by atoms with van der Waals surface area (Å²) in [5.41, 5.74) is 4.65. The summed E-state index contributed by atoms with van der Waals surface area (Å²) in [6.07, 6.45) is 5.59. The van der Waals surface area contributed by atoms with E-state index < -0.39 is 11.8 Å². The molecule has 1 aromatic carbocycles. The van der Waals surface area contributed by atoms with Crippen LogP contribution in [-0.2, 0) is 9.59 Å². The number of pyridine rings is 1. The number of benzene rings is 1. The molecule has 0 unspecified atom stereocenters. The van der Waals surface area contributed by atoms with E-state index in [1.165, 1.54) is 9.71 Å². The quantitative estimate of drug-likeness (QED) is 0.364. The molecule has 214 valence electrons. The Labute approximate surface area is 242 Å². The van der Waals surface area contributed by atoms with E-state index in [-0.39, 0.29) is 17.1 Å². The first-order valence-electron chi connectivity index (χ1n) is 14.4. The summed E-state index contributed by atoms with van der Waals surface area (Å²) >= 11 is 1.80. The summed E-state index contributed by atoms with van der Waals surface area (Å²) < 4.78 is 1.18. The highest BCUT2D eigenvalue weighted by Crippen LogP contribution is 2.46. The average molecular weight is 562 g/mol. The molecule has 5 rings (SSSR count). The van der Waals surface area contributed by atoms with Crippen LogP contribution in [-0.4, -0.2) is 56.3 Å². The number of hydrogen-bond acceptors (Lipinski definition) is 6. The van der Waals surface area contributed by atoms with Gasteiger partial charge in [0.15, 0.2) is 0 Å². The van der Waals surface area contributed by atoms with Crippen molar-refractivity contribution in [3.63, 3.8) is 0 Å². The Bertz CT molecular complexity index is 1430. The number of rotatable bonds is 3. The highest BCUT2D eigenvalue weighted by atomic mass is 32.1. The van der Waals surface area contributed by atoms with Crippen LogP contribution in [0.15, 0.2) is 30.5 Å². The number of likely N-dealkylation sites (tertiary alicyclic amines) is 2. The fraction of sp³-hybridized carbons (Fsp3) is 0.562. The molecule has 7 nitrogen and oxygen atoms in total. The van der Waals surface area contributed by atoms with Crippen molar-refractivity contribution in [2.75, 3.05) is 18.9 Å². The summed E-state index contributed by atoms with van der Waals surface area (Å²) in [5.74, 6) is -0.361. The number of anilines is 1. The first-order chi connectivity index (χ1) is 18.7. The summed E-state index contributed by atoms with van der Waals surface area (Å²) in [7, 11) is 2.23. The summed E-state index contributed by atoms with van der Waals surface area (Å²) in [5, 5.41) is 3.97. The molecule has 2 amide bonds. The van der Waals surface area contributed by atoms with E-state index in [0.717, 1.165) is 48.0 Å². The minimum atomic E-state index is -0.617. The van der Waals surface area contributed by atoms with Crippen LogP contribution in [0.2, 0.25) is 0 Å². The molecular formula is C32H43N5O2S. The van der Waals surface area contributed by atoms with Gasteiger partial charge in [-0.3, -0.25) is 19.5 Å². The molecule has 2 aliphatic heterocycles. The van der Waals surface area contributed by atoms with Crippen LogP contribution >= 0.6 is 11.3 Å². The van der Waals surface area contributed by atoms with Gasteiger partial charge < -0.3 is 10.2 Å². The van der Waals surface area contributed by atoms with E-state index in [9.17, 15) is 9.59 Å². The number of nitrogens with one attached hydrogen (secondary N) is 1. The summed E-state index contributed by atoms with van der Waals surface area (Å²) in [6, 6.07) is 8.12. The molecule has 0 saturated carbocycles. The molecule has 0 bridgehead atoms. The zero-order valence-corrected chi connectivity index (χ0v) is 26.0. The predicted octanol–water partition coefficient (Wildman–Crippen LogP) is 6.61. The average Bonchev–Trinajstić information content (AvgIpc) is 3.32. The van der Waals surface area contributed by atoms with Crippen LogP contribution in [0, 0.1) is 19.8 Å². The third kappa shape index (κ3) is 5.53. The van der Waals surface area contributed by atoms with E-state index in [1.54, 1.807) is 22.4 Å². The van der Waals surface area contributed by atoms with Gasteiger partial charge in [-0.25, -0.2) is 4.98 Å². The summed E-state index contributed by atoms with van der Waals surface area (Å²) in [6.45, 7) is 15.9. The molecule has 2 saturated heterocycles. The van der Waals surface area contributed by atoms with Crippen molar-refractivity contribution in [3.8, 4) is 0 Å². The molecule has 0 spiro atoms. The van der Waals surface area contributed by atoms with E-state index in [1.807, 2.05) is 19.9 Å². The molecule has 4 heterocycles. The van der Waals surface area contributed by atoms with Gasteiger partial charge in [0.2, 0.25) is 0 Å². The van der Waals surface area contributed by atoms with Crippen molar-refractivity contribution < 1.29 is 9.59 Å². The first-order valence-corrected chi connectivity index (χ1v) is 15.3. The molecule has 2 aliphatic rings. The second-order valence-corrected chi connectivity index (χ2v) is 14.4. The number of aromatic nitrogens is 2. The lowest BCUT2D eigenvalue weighted by molar-refractivity contribution is -0.146. The minimum absolute atomic E-state index is 0.100. The van der Waals surface area contributed by atoms with Gasteiger partial charge in [0.1, 0.15) is 0 Å². The second-order valence-electron chi connectivity index (χ2n) is 13.3. The molecule has 2 atom stereocenters. The second kappa shape index (κ2) is 10.5. The van der Waals surface area contributed by atoms with Crippen molar-refractivity contribution in [1.82, 2.24) is 19.8 Å². The van der Waals surface area contributed by atoms with E-state index in [4.69, 9.17) is 4.98 Å². The monoisotopic (exact) mass is 561 g/mol. The van der Waals surface area contributed by atoms with Crippen molar-refractivity contribution in [3.05, 3.63) is 52.3 Å². The van der Waals surface area contributed by atoms with Crippen LogP contribution in [0.5, 0.6) is 0 Å². The predicted molar refractivity (Wildman–Crippen MR) is 163 cm³/mol. The van der Waals surface area contributed by atoms with Gasteiger partial charge in [0.25, 0.3) is 0 Å². The molecule has 2 fully saturated rings. The highest BCUT2D eigenvalue weighted by molar-refractivity contribution is 7.18. The molecule has 2 aromatic heterocycles. The number of fused-ring (bicyclic) bond motifs is 1. The van der Waals surface area contributed by atoms with E-state index in [2.05, 4.69) is 75.1 Å². The van der Waals surface area contributed by atoms with Crippen LogP contribution in [0.25, 0.3) is 10.2 Å². The van der Waals surface area contributed by atoms with Gasteiger partial charge in [0, 0.05) is 29.2 Å². The molecular weight excluding hydrogens is 518 g/mol. The fourth-order valence-corrected chi connectivity index (χ4v) is 7.69. The van der Waals surface area contributed by atoms with Crippen LogP contribution < -0.4 is 5.32 Å².